The van der Waals surface area contributed by atoms with Gasteiger partial charge in [0.15, 0.2) is 0 Å². The number of hydrogen-bond donors (Lipinski definition) is 2. The Balaban J connectivity index is 2.05. The molecule has 2 N–H and O–H groups in total. The standard InChI is InChI=1S/C14H19BrFNO/c1-9(6-7-18)8-17-13-5-2-10-12(16)4-3-11(15)14(10)13/h3-4,9,13,17-18H,2,5-8H2,1H3. The third kappa shape index (κ3) is 2.92. The molecule has 0 radical (unpaired) electrons. The molecule has 0 spiro atoms. The maximum absolute atomic E-state index is 13.7. The van der Waals surface area contributed by atoms with Gasteiger partial charge in [-0.2, -0.15) is 0 Å². The first-order valence-electron chi connectivity index (χ1n) is 6.44. The molecule has 1 aromatic carbocycles. The predicted octanol–water partition coefficient (Wildman–Crippen LogP) is 3.18. The summed E-state index contributed by atoms with van der Waals surface area (Å²) in [5, 5.41) is 12.4. The number of aliphatic hydroxyl groups excluding tert-OH is 1. The van der Waals surface area contributed by atoms with E-state index >= 15 is 0 Å². The second kappa shape index (κ2) is 6.13. The quantitative estimate of drug-likeness (QED) is 0.874. The van der Waals surface area contributed by atoms with Crippen molar-refractivity contribution in [3.8, 4) is 0 Å². The Morgan fingerprint density at radius 1 is 1.56 bits per heavy atom. The third-order valence-electron chi connectivity index (χ3n) is 3.61. The molecule has 0 saturated heterocycles. The lowest BCUT2D eigenvalue weighted by atomic mass is 10.1. The fourth-order valence-corrected chi connectivity index (χ4v) is 3.19. The number of halogens is 2. The first kappa shape index (κ1) is 14.0. The van der Waals surface area contributed by atoms with Crippen LogP contribution in [0.1, 0.15) is 36.9 Å². The van der Waals surface area contributed by atoms with Gasteiger partial charge in [-0.25, -0.2) is 4.39 Å². The molecule has 1 aromatic rings. The molecule has 0 aliphatic heterocycles. The van der Waals surface area contributed by atoms with E-state index in [-0.39, 0.29) is 18.5 Å². The first-order chi connectivity index (χ1) is 8.63. The van der Waals surface area contributed by atoms with E-state index in [0.717, 1.165) is 41.4 Å². The molecule has 4 heteroatoms. The van der Waals surface area contributed by atoms with Crippen LogP contribution in [0, 0.1) is 11.7 Å². The van der Waals surface area contributed by atoms with Gasteiger partial charge in [0.25, 0.3) is 0 Å². The lowest BCUT2D eigenvalue weighted by Crippen LogP contribution is -2.25. The number of nitrogens with one attached hydrogen (secondary N) is 1. The molecule has 0 fully saturated rings. The molecule has 0 aromatic heterocycles. The summed E-state index contributed by atoms with van der Waals surface area (Å²) in [4.78, 5) is 0. The number of rotatable bonds is 5. The van der Waals surface area contributed by atoms with Crippen molar-refractivity contribution in [2.45, 2.75) is 32.2 Å². The molecule has 0 heterocycles. The zero-order chi connectivity index (χ0) is 13.1. The zero-order valence-electron chi connectivity index (χ0n) is 10.5. The van der Waals surface area contributed by atoms with E-state index in [0.29, 0.717) is 5.92 Å². The van der Waals surface area contributed by atoms with Gasteiger partial charge in [0.2, 0.25) is 0 Å². The summed E-state index contributed by atoms with van der Waals surface area (Å²) < 4.78 is 14.7. The van der Waals surface area contributed by atoms with E-state index in [1.54, 1.807) is 6.07 Å². The second-order valence-corrected chi connectivity index (χ2v) is 5.89. The minimum atomic E-state index is -0.0964. The topological polar surface area (TPSA) is 32.3 Å². The summed E-state index contributed by atoms with van der Waals surface area (Å²) in [6.07, 6.45) is 2.55. The summed E-state index contributed by atoms with van der Waals surface area (Å²) in [6.45, 7) is 3.19. The van der Waals surface area contributed by atoms with E-state index in [1.165, 1.54) is 6.07 Å². The first-order valence-corrected chi connectivity index (χ1v) is 7.23. The van der Waals surface area contributed by atoms with Crippen LogP contribution in [0.2, 0.25) is 0 Å². The maximum atomic E-state index is 13.7. The molecule has 2 nitrogen and oxygen atoms in total. The van der Waals surface area contributed by atoms with E-state index in [4.69, 9.17) is 5.11 Å². The lowest BCUT2D eigenvalue weighted by Gasteiger charge is -2.18. The summed E-state index contributed by atoms with van der Waals surface area (Å²) >= 11 is 3.51. The van der Waals surface area contributed by atoms with E-state index in [1.807, 2.05) is 0 Å². The Hall–Kier alpha value is -0.450. The maximum Gasteiger partial charge on any atom is 0.126 e. The van der Waals surface area contributed by atoms with Crippen LogP contribution in [0.15, 0.2) is 16.6 Å². The van der Waals surface area contributed by atoms with Crippen molar-refractivity contribution >= 4 is 15.9 Å². The molecular weight excluding hydrogens is 297 g/mol. The van der Waals surface area contributed by atoms with Gasteiger partial charge >= 0.3 is 0 Å². The van der Waals surface area contributed by atoms with E-state index in [2.05, 4.69) is 28.2 Å². The van der Waals surface area contributed by atoms with Gasteiger partial charge in [-0.3, -0.25) is 0 Å². The van der Waals surface area contributed by atoms with Crippen LogP contribution in [0.3, 0.4) is 0 Å². The van der Waals surface area contributed by atoms with Crippen molar-refractivity contribution in [1.82, 2.24) is 5.32 Å². The number of aliphatic hydroxyl groups is 1. The van der Waals surface area contributed by atoms with Gasteiger partial charge in [0.05, 0.1) is 0 Å². The molecule has 2 rings (SSSR count). The third-order valence-corrected chi connectivity index (χ3v) is 4.30. The van der Waals surface area contributed by atoms with Crippen molar-refractivity contribution in [2.75, 3.05) is 13.2 Å². The SMILES string of the molecule is CC(CCO)CNC1CCc2c(F)ccc(Br)c21. The van der Waals surface area contributed by atoms with Crippen LogP contribution in [-0.2, 0) is 6.42 Å². The van der Waals surface area contributed by atoms with Gasteiger partial charge in [0.1, 0.15) is 5.82 Å². The van der Waals surface area contributed by atoms with Crippen LogP contribution in [0.4, 0.5) is 4.39 Å². The average Bonchev–Trinajstić information content (AvgIpc) is 2.77. The molecule has 0 bridgehead atoms. The normalized spacial score (nSPS) is 19.9. The van der Waals surface area contributed by atoms with Crippen molar-refractivity contribution in [3.63, 3.8) is 0 Å². The highest BCUT2D eigenvalue weighted by Crippen LogP contribution is 2.37. The van der Waals surface area contributed by atoms with Gasteiger partial charge in [-0.05, 0) is 55.0 Å². The Morgan fingerprint density at radius 3 is 3.06 bits per heavy atom. The van der Waals surface area contributed by atoms with Crippen molar-refractivity contribution in [3.05, 3.63) is 33.5 Å². The van der Waals surface area contributed by atoms with Gasteiger partial charge in [-0.1, -0.05) is 22.9 Å². The minimum Gasteiger partial charge on any atom is -0.396 e. The molecule has 1 aliphatic rings. The number of benzene rings is 1. The van der Waals surface area contributed by atoms with E-state index < -0.39 is 0 Å². The van der Waals surface area contributed by atoms with Crippen LogP contribution in [-0.4, -0.2) is 18.3 Å². The Kier molecular flexibility index (Phi) is 4.76. The number of hydrogen-bond acceptors (Lipinski definition) is 2. The summed E-state index contributed by atoms with van der Waals surface area (Å²) in [5.74, 6) is 0.340. The van der Waals surface area contributed by atoms with Gasteiger partial charge in [0, 0.05) is 17.1 Å². The largest absolute Gasteiger partial charge is 0.396 e. The van der Waals surface area contributed by atoms with Gasteiger partial charge in [-0.15, -0.1) is 0 Å². The number of fused-ring (bicyclic) bond motifs is 1. The minimum absolute atomic E-state index is 0.0964. The predicted molar refractivity (Wildman–Crippen MR) is 74.0 cm³/mol. The molecule has 18 heavy (non-hydrogen) atoms. The van der Waals surface area contributed by atoms with Crippen LogP contribution in [0.5, 0.6) is 0 Å². The summed E-state index contributed by atoms with van der Waals surface area (Å²) in [6, 6.07) is 3.54. The second-order valence-electron chi connectivity index (χ2n) is 5.04. The molecule has 0 amide bonds. The van der Waals surface area contributed by atoms with Crippen LogP contribution < -0.4 is 5.32 Å². The summed E-state index contributed by atoms with van der Waals surface area (Å²) in [5.41, 5.74) is 1.92. The van der Waals surface area contributed by atoms with E-state index in [9.17, 15) is 4.39 Å². The Bertz CT molecular complexity index is 425. The van der Waals surface area contributed by atoms with Crippen molar-refractivity contribution in [1.29, 1.82) is 0 Å². The Labute approximate surface area is 116 Å². The van der Waals surface area contributed by atoms with Crippen molar-refractivity contribution in [2.24, 2.45) is 5.92 Å². The fraction of sp³-hybridized carbons (Fsp3) is 0.571. The molecule has 2 unspecified atom stereocenters. The van der Waals surface area contributed by atoms with Crippen molar-refractivity contribution < 1.29 is 9.50 Å². The highest BCUT2D eigenvalue weighted by Gasteiger charge is 2.27. The molecule has 100 valence electrons. The summed E-state index contributed by atoms with van der Waals surface area (Å²) in [7, 11) is 0. The van der Waals surface area contributed by atoms with Gasteiger partial charge < -0.3 is 10.4 Å². The molecule has 1 aliphatic carbocycles. The smallest absolute Gasteiger partial charge is 0.126 e. The molecular formula is C14H19BrFNO. The Morgan fingerprint density at radius 2 is 2.33 bits per heavy atom. The highest BCUT2D eigenvalue weighted by molar-refractivity contribution is 9.10. The van der Waals surface area contributed by atoms with Crippen LogP contribution in [0.25, 0.3) is 0 Å². The lowest BCUT2D eigenvalue weighted by molar-refractivity contribution is 0.257. The monoisotopic (exact) mass is 315 g/mol. The molecule has 2 atom stereocenters. The molecule has 0 saturated carbocycles. The fourth-order valence-electron chi connectivity index (χ4n) is 2.54. The average molecular weight is 316 g/mol. The highest BCUT2D eigenvalue weighted by atomic mass is 79.9. The van der Waals surface area contributed by atoms with Crippen LogP contribution >= 0.6 is 15.9 Å². The zero-order valence-corrected chi connectivity index (χ0v) is 12.1.